The number of likely N-dealkylation sites (N-methyl/N-ethyl adjacent to an activating group) is 1. The zero-order valence-corrected chi connectivity index (χ0v) is 12.6. The molecule has 3 heteroatoms. The summed E-state index contributed by atoms with van der Waals surface area (Å²) in [6, 6.07) is 0. The zero-order chi connectivity index (χ0) is 13.7. The monoisotopic (exact) mass is 261 g/mol. The molecular weight excluding hydrogens is 234 g/mol. The number of nitrogens with one attached hydrogen (secondary N) is 1. The van der Waals surface area contributed by atoms with Crippen molar-refractivity contribution in [3.05, 3.63) is 22.8 Å². The van der Waals surface area contributed by atoms with Crippen LogP contribution in [0.25, 0.3) is 0 Å². The van der Waals surface area contributed by atoms with E-state index in [9.17, 15) is 0 Å². The van der Waals surface area contributed by atoms with E-state index in [1.807, 2.05) is 0 Å². The van der Waals surface area contributed by atoms with Crippen LogP contribution in [0.4, 0.5) is 0 Å². The van der Waals surface area contributed by atoms with Gasteiger partial charge in [0, 0.05) is 17.3 Å². The first-order chi connectivity index (χ1) is 9.30. The molecule has 1 aliphatic rings. The van der Waals surface area contributed by atoms with Gasteiger partial charge >= 0.3 is 0 Å². The van der Waals surface area contributed by atoms with E-state index in [0.29, 0.717) is 5.92 Å². The van der Waals surface area contributed by atoms with Gasteiger partial charge in [0.05, 0.1) is 0 Å². The smallest absolute Gasteiger partial charge is 0.131 e. The Morgan fingerprint density at radius 3 is 2.11 bits per heavy atom. The molecule has 1 N–H and O–H groups in total. The van der Waals surface area contributed by atoms with Crippen LogP contribution in [0.15, 0.2) is 0 Å². The topological polar surface area (TPSA) is 37.8 Å². The third-order valence-corrected chi connectivity index (χ3v) is 4.14. The summed E-state index contributed by atoms with van der Waals surface area (Å²) in [5.74, 6) is 1.76. The average Bonchev–Trinajstić information content (AvgIpc) is 2.37. The maximum Gasteiger partial charge on any atom is 0.131 e. The molecule has 0 spiro atoms. The summed E-state index contributed by atoms with van der Waals surface area (Å²) in [5, 5.41) is 3.40. The second-order valence-electron chi connectivity index (χ2n) is 5.39. The fraction of sp³-hybridized carbons (Fsp3) is 0.750. The molecule has 0 aromatic carbocycles. The third kappa shape index (κ3) is 3.33. The van der Waals surface area contributed by atoms with Crippen molar-refractivity contribution in [3.8, 4) is 0 Å². The summed E-state index contributed by atoms with van der Waals surface area (Å²) in [6.07, 6.45) is 7.02. The maximum absolute atomic E-state index is 4.86. The quantitative estimate of drug-likeness (QED) is 0.767. The number of nitrogens with zero attached hydrogens (tertiary/aromatic N) is 2. The molecule has 3 nitrogen and oxygen atoms in total. The van der Waals surface area contributed by atoms with Crippen molar-refractivity contribution < 1.29 is 0 Å². The van der Waals surface area contributed by atoms with Crippen molar-refractivity contribution >= 4 is 0 Å². The van der Waals surface area contributed by atoms with Crippen LogP contribution < -0.4 is 5.32 Å². The van der Waals surface area contributed by atoms with Gasteiger partial charge in [-0.3, -0.25) is 0 Å². The summed E-state index contributed by atoms with van der Waals surface area (Å²) >= 11 is 0. The highest BCUT2D eigenvalue weighted by atomic mass is 14.9. The number of hydrogen-bond acceptors (Lipinski definition) is 3. The average molecular weight is 261 g/mol. The highest BCUT2D eigenvalue weighted by Crippen LogP contribution is 2.35. The lowest BCUT2D eigenvalue weighted by atomic mass is 9.84. The van der Waals surface area contributed by atoms with E-state index in [2.05, 4.69) is 26.1 Å². The molecule has 0 saturated heterocycles. The molecule has 106 valence electrons. The highest BCUT2D eigenvalue weighted by Gasteiger charge is 2.24. The van der Waals surface area contributed by atoms with Gasteiger partial charge in [-0.25, -0.2) is 9.97 Å². The number of rotatable bonds is 7. The third-order valence-electron chi connectivity index (χ3n) is 4.14. The van der Waals surface area contributed by atoms with Crippen LogP contribution in [0.5, 0.6) is 0 Å². The first-order valence-electron chi connectivity index (χ1n) is 7.89. The van der Waals surface area contributed by atoms with Crippen molar-refractivity contribution in [1.29, 1.82) is 0 Å². The van der Waals surface area contributed by atoms with E-state index in [-0.39, 0.29) is 0 Å². The van der Waals surface area contributed by atoms with Crippen molar-refractivity contribution in [2.24, 2.45) is 0 Å². The van der Waals surface area contributed by atoms with Gasteiger partial charge < -0.3 is 5.32 Å². The van der Waals surface area contributed by atoms with Gasteiger partial charge in [-0.15, -0.1) is 0 Å². The van der Waals surface area contributed by atoms with Crippen molar-refractivity contribution in [3.63, 3.8) is 0 Å². The Morgan fingerprint density at radius 1 is 1.05 bits per heavy atom. The molecule has 19 heavy (non-hydrogen) atoms. The number of aryl methyl sites for hydroxylation is 2. The van der Waals surface area contributed by atoms with Crippen LogP contribution in [-0.4, -0.2) is 23.1 Å². The van der Waals surface area contributed by atoms with E-state index < -0.39 is 0 Å². The summed E-state index contributed by atoms with van der Waals surface area (Å²) < 4.78 is 0. The van der Waals surface area contributed by atoms with Gasteiger partial charge in [0.15, 0.2) is 0 Å². The number of hydrogen-bond donors (Lipinski definition) is 1. The fourth-order valence-electron chi connectivity index (χ4n) is 2.72. The van der Waals surface area contributed by atoms with Gasteiger partial charge in [0.2, 0.25) is 0 Å². The zero-order valence-electron chi connectivity index (χ0n) is 12.6. The second-order valence-corrected chi connectivity index (χ2v) is 5.39. The Hall–Kier alpha value is -0.960. The van der Waals surface area contributed by atoms with E-state index >= 15 is 0 Å². The summed E-state index contributed by atoms with van der Waals surface area (Å²) in [5.41, 5.74) is 3.97. The first-order valence-corrected chi connectivity index (χ1v) is 7.89. The minimum absolute atomic E-state index is 0.637. The molecule has 0 atom stereocenters. The van der Waals surface area contributed by atoms with Gasteiger partial charge in [-0.05, 0) is 50.8 Å². The van der Waals surface area contributed by atoms with Crippen molar-refractivity contribution in [2.75, 3.05) is 13.1 Å². The maximum atomic E-state index is 4.86. The largest absolute Gasteiger partial charge is 0.317 e. The Kier molecular flexibility index (Phi) is 5.32. The van der Waals surface area contributed by atoms with Gasteiger partial charge in [0.1, 0.15) is 5.82 Å². The molecule has 2 rings (SSSR count). The summed E-state index contributed by atoms with van der Waals surface area (Å²) in [6.45, 7) is 8.64. The molecule has 0 bridgehead atoms. The molecule has 1 heterocycles. The molecule has 1 saturated carbocycles. The van der Waals surface area contributed by atoms with E-state index in [0.717, 1.165) is 38.2 Å². The van der Waals surface area contributed by atoms with Gasteiger partial charge in [-0.1, -0.05) is 27.2 Å². The Balaban J connectivity index is 2.23. The molecule has 1 aromatic rings. The van der Waals surface area contributed by atoms with Gasteiger partial charge in [-0.2, -0.15) is 0 Å². The predicted octanol–water partition coefficient (Wildman–Crippen LogP) is 3.02. The lowest BCUT2D eigenvalue weighted by Gasteiger charge is -2.25. The molecular formula is C16H27N3. The number of aromatic nitrogens is 2. The first kappa shape index (κ1) is 14.4. The minimum atomic E-state index is 0.637. The normalized spacial score (nSPS) is 15.5. The van der Waals surface area contributed by atoms with E-state index in [1.165, 1.54) is 36.2 Å². The second kappa shape index (κ2) is 6.99. The Labute approximate surface area is 117 Å². The van der Waals surface area contributed by atoms with Crippen LogP contribution in [0, 0.1) is 0 Å². The van der Waals surface area contributed by atoms with Crippen molar-refractivity contribution in [2.45, 2.75) is 65.2 Å². The van der Waals surface area contributed by atoms with Crippen LogP contribution in [0.1, 0.15) is 68.7 Å². The summed E-state index contributed by atoms with van der Waals surface area (Å²) in [7, 11) is 0. The van der Waals surface area contributed by atoms with Crippen LogP contribution in [0.2, 0.25) is 0 Å². The molecule has 0 radical (unpaired) electrons. The SMILES string of the molecule is CCNCCc1c(CC)nc(C2CCC2)nc1CC. The van der Waals surface area contributed by atoms with Gasteiger partial charge in [0.25, 0.3) is 0 Å². The fourth-order valence-corrected chi connectivity index (χ4v) is 2.72. The molecule has 1 fully saturated rings. The van der Waals surface area contributed by atoms with Crippen LogP contribution >= 0.6 is 0 Å². The Bertz CT molecular complexity index is 385. The molecule has 0 amide bonds. The molecule has 0 unspecified atom stereocenters. The molecule has 1 aliphatic carbocycles. The Morgan fingerprint density at radius 2 is 1.68 bits per heavy atom. The molecule has 0 aliphatic heterocycles. The van der Waals surface area contributed by atoms with Crippen molar-refractivity contribution in [1.82, 2.24) is 15.3 Å². The lowest BCUT2D eigenvalue weighted by Crippen LogP contribution is -2.21. The van der Waals surface area contributed by atoms with E-state index in [1.54, 1.807) is 0 Å². The van der Waals surface area contributed by atoms with Crippen LogP contribution in [-0.2, 0) is 19.3 Å². The summed E-state index contributed by atoms with van der Waals surface area (Å²) in [4.78, 5) is 9.72. The minimum Gasteiger partial charge on any atom is -0.317 e. The molecule has 1 aromatic heterocycles. The highest BCUT2D eigenvalue weighted by molar-refractivity contribution is 5.28. The predicted molar refractivity (Wildman–Crippen MR) is 79.6 cm³/mol. The van der Waals surface area contributed by atoms with E-state index in [4.69, 9.17) is 9.97 Å². The van der Waals surface area contributed by atoms with Crippen LogP contribution in [0.3, 0.4) is 0 Å². The lowest BCUT2D eigenvalue weighted by molar-refractivity contribution is 0.398. The standard InChI is InChI=1S/C16H27N3/c1-4-14-13(10-11-17-6-3)15(5-2)19-16(18-14)12-8-7-9-12/h12,17H,4-11H2,1-3H3.